The van der Waals surface area contributed by atoms with E-state index in [2.05, 4.69) is 27.8 Å². The lowest BCUT2D eigenvalue weighted by atomic mass is 9.73. The van der Waals surface area contributed by atoms with E-state index in [4.69, 9.17) is 0 Å². The summed E-state index contributed by atoms with van der Waals surface area (Å²) >= 11 is 0. The molecule has 2 fully saturated rings. The van der Waals surface area contributed by atoms with Crippen molar-refractivity contribution in [2.75, 3.05) is 19.3 Å². The fourth-order valence-electron chi connectivity index (χ4n) is 5.66. The highest BCUT2D eigenvalue weighted by molar-refractivity contribution is 7.88. The Morgan fingerprint density at radius 3 is 2.67 bits per heavy atom. The van der Waals surface area contributed by atoms with Crippen molar-refractivity contribution in [1.29, 1.82) is 0 Å². The predicted molar refractivity (Wildman–Crippen MR) is 103 cm³/mol. The molecule has 3 atom stereocenters. The maximum absolute atomic E-state index is 11.8. The summed E-state index contributed by atoms with van der Waals surface area (Å²) in [5, 5.41) is 11.4. The SMILES string of the molecule is CS(=O)(=O)N1CCC2(CC[C@H]([C@@H]3c4ccccc4-c4cncn43)[C@H]2O)CC1. The molecular weight excluding hydrogens is 362 g/mol. The van der Waals surface area contributed by atoms with Crippen molar-refractivity contribution >= 4 is 10.0 Å². The number of nitrogens with zero attached hydrogens (tertiary/aromatic N) is 3. The number of aliphatic hydroxyl groups excluding tert-OH is 1. The topological polar surface area (TPSA) is 75.4 Å². The number of rotatable bonds is 2. The molecule has 7 heteroatoms. The third kappa shape index (κ3) is 2.52. The number of piperidine rings is 1. The minimum atomic E-state index is -3.15. The quantitative estimate of drug-likeness (QED) is 0.858. The van der Waals surface area contributed by atoms with Gasteiger partial charge in [-0.15, -0.1) is 0 Å². The zero-order valence-corrected chi connectivity index (χ0v) is 16.3. The lowest BCUT2D eigenvalue weighted by Gasteiger charge is -2.42. The molecule has 144 valence electrons. The third-order valence-corrected chi connectivity index (χ3v) is 8.43. The van der Waals surface area contributed by atoms with Gasteiger partial charge in [0.05, 0.1) is 36.6 Å². The number of aromatic nitrogens is 2. The van der Waals surface area contributed by atoms with E-state index < -0.39 is 16.1 Å². The molecule has 1 N–H and O–H groups in total. The Bertz CT molecular complexity index is 976. The first-order chi connectivity index (χ1) is 12.9. The van der Waals surface area contributed by atoms with Gasteiger partial charge in [-0.2, -0.15) is 0 Å². The van der Waals surface area contributed by atoms with E-state index in [1.165, 1.54) is 17.4 Å². The first kappa shape index (κ1) is 17.4. The van der Waals surface area contributed by atoms with Crippen LogP contribution in [0.4, 0.5) is 0 Å². The number of imidazole rings is 1. The molecule has 1 saturated heterocycles. The van der Waals surface area contributed by atoms with Crippen molar-refractivity contribution in [2.45, 2.75) is 37.8 Å². The summed E-state index contributed by atoms with van der Waals surface area (Å²) in [5.41, 5.74) is 3.43. The Morgan fingerprint density at radius 2 is 1.93 bits per heavy atom. The molecular formula is C20H25N3O3S. The van der Waals surface area contributed by atoms with Crippen molar-refractivity contribution in [3.05, 3.63) is 42.4 Å². The van der Waals surface area contributed by atoms with E-state index in [-0.39, 0.29) is 17.4 Å². The van der Waals surface area contributed by atoms with E-state index in [0.29, 0.717) is 13.1 Å². The normalized spacial score (nSPS) is 29.8. The predicted octanol–water partition coefficient (Wildman–Crippen LogP) is 2.27. The molecule has 0 unspecified atom stereocenters. The summed E-state index contributed by atoms with van der Waals surface area (Å²) in [6, 6.07) is 8.52. The highest BCUT2D eigenvalue weighted by atomic mass is 32.2. The number of benzene rings is 1. The Morgan fingerprint density at radius 1 is 1.19 bits per heavy atom. The summed E-state index contributed by atoms with van der Waals surface area (Å²) in [7, 11) is -3.15. The van der Waals surface area contributed by atoms with Crippen LogP contribution < -0.4 is 0 Å². The zero-order chi connectivity index (χ0) is 18.8. The van der Waals surface area contributed by atoms with Crippen LogP contribution in [-0.2, 0) is 10.0 Å². The van der Waals surface area contributed by atoms with Gasteiger partial charge in [0.2, 0.25) is 10.0 Å². The average molecular weight is 388 g/mol. The van der Waals surface area contributed by atoms with E-state index in [9.17, 15) is 13.5 Å². The molecule has 2 aliphatic heterocycles. The molecule has 5 rings (SSSR count). The summed E-state index contributed by atoms with van der Waals surface area (Å²) in [5.74, 6) is 0.131. The Kier molecular flexibility index (Phi) is 3.80. The van der Waals surface area contributed by atoms with Crippen LogP contribution >= 0.6 is 0 Å². The lowest BCUT2D eigenvalue weighted by molar-refractivity contribution is -0.0145. The lowest BCUT2D eigenvalue weighted by Crippen LogP contribution is -2.47. The minimum absolute atomic E-state index is 0.112. The van der Waals surface area contributed by atoms with Crippen molar-refractivity contribution < 1.29 is 13.5 Å². The number of hydrogen-bond acceptors (Lipinski definition) is 4. The maximum atomic E-state index is 11.8. The Balaban J connectivity index is 1.44. The molecule has 1 saturated carbocycles. The van der Waals surface area contributed by atoms with Crippen LogP contribution in [0.25, 0.3) is 11.3 Å². The highest BCUT2D eigenvalue weighted by Crippen LogP contribution is 2.55. The van der Waals surface area contributed by atoms with E-state index >= 15 is 0 Å². The Labute approximate surface area is 159 Å². The molecule has 2 aromatic rings. The van der Waals surface area contributed by atoms with E-state index in [1.54, 1.807) is 4.31 Å². The fraction of sp³-hybridized carbons (Fsp3) is 0.550. The number of hydrogen-bond donors (Lipinski definition) is 1. The molecule has 1 aromatic heterocycles. The van der Waals surface area contributed by atoms with Crippen LogP contribution in [0.3, 0.4) is 0 Å². The minimum Gasteiger partial charge on any atom is -0.392 e. The molecule has 1 spiro atoms. The maximum Gasteiger partial charge on any atom is 0.211 e. The van der Waals surface area contributed by atoms with Gasteiger partial charge in [-0.05, 0) is 36.7 Å². The number of fused-ring (bicyclic) bond motifs is 3. The van der Waals surface area contributed by atoms with E-state index in [0.717, 1.165) is 31.4 Å². The molecule has 27 heavy (non-hydrogen) atoms. The standard InChI is InChI=1S/C20H25N3O3S/c1-27(25,26)22-10-8-20(9-11-22)7-6-16(19(20)24)18-15-5-3-2-4-14(15)17-12-21-13-23(17)18/h2-5,12-13,16,18-19,24H,6-11H2,1H3/t16-,18+,19-/m1/s1. The van der Waals surface area contributed by atoms with Crippen molar-refractivity contribution in [3.8, 4) is 11.3 Å². The molecule has 1 aliphatic carbocycles. The first-order valence-electron chi connectivity index (χ1n) is 9.65. The molecule has 0 radical (unpaired) electrons. The molecule has 3 heterocycles. The molecule has 1 aromatic carbocycles. The zero-order valence-electron chi connectivity index (χ0n) is 15.5. The number of sulfonamides is 1. The second kappa shape index (κ2) is 5.90. The van der Waals surface area contributed by atoms with Crippen LogP contribution in [0.1, 0.15) is 37.3 Å². The van der Waals surface area contributed by atoms with Crippen LogP contribution in [0.2, 0.25) is 0 Å². The summed E-state index contributed by atoms with van der Waals surface area (Å²) in [4.78, 5) is 4.34. The van der Waals surface area contributed by atoms with Gasteiger partial charge in [-0.3, -0.25) is 0 Å². The monoisotopic (exact) mass is 387 g/mol. The second-order valence-corrected chi connectivity index (χ2v) is 10.4. The Hall–Kier alpha value is -1.70. The summed E-state index contributed by atoms with van der Waals surface area (Å²) < 4.78 is 27.4. The molecule has 0 amide bonds. The largest absolute Gasteiger partial charge is 0.392 e. The van der Waals surface area contributed by atoms with Gasteiger partial charge in [0, 0.05) is 24.6 Å². The molecule has 0 bridgehead atoms. The van der Waals surface area contributed by atoms with Gasteiger partial charge >= 0.3 is 0 Å². The van der Waals surface area contributed by atoms with Gasteiger partial charge in [-0.25, -0.2) is 17.7 Å². The first-order valence-corrected chi connectivity index (χ1v) is 11.5. The van der Waals surface area contributed by atoms with Crippen molar-refractivity contribution in [2.24, 2.45) is 11.3 Å². The average Bonchev–Trinajstić information content (AvgIpc) is 3.30. The highest BCUT2D eigenvalue weighted by Gasteiger charge is 2.53. The fourth-order valence-corrected chi connectivity index (χ4v) is 6.51. The van der Waals surface area contributed by atoms with Crippen molar-refractivity contribution in [3.63, 3.8) is 0 Å². The van der Waals surface area contributed by atoms with Gasteiger partial charge in [0.25, 0.3) is 0 Å². The van der Waals surface area contributed by atoms with Gasteiger partial charge in [0.1, 0.15) is 0 Å². The molecule has 3 aliphatic rings. The van der Waals surface area contributed by atoms with Gasteiger partial charge < -0.3 is 9.67 Å². The molecule has 6 nitrogen and oxygen atoms in total. The van der Waals surface area contributed by atoms with Crippen molar-refractivity contribution in [1.82, 2.24) is 13.9 Å². The van der Waals surface area contributed by atoms with E-state index in [1.807, 2.05) is 18.6 Å². The smallest absolute Gasteiger partial charge is 0.211 e. The van der Waals surface area contributed by atoms with Gasteiger partial charge in [-0.1, -0.05) is 24.3 Å². The van der Waals surface area contributed by atoms with Crippen LogP contribution in [-0.4, -0.2) is 52.8 Å². The summed E-state index contributed by atoms with van der Waals surface area (Å²) in [6.07, 6.45) is 8.02. The third-order valence-electron chi connectivity index (χ3n) is 7.12. The summed E-state index contributed by atoms with van der Waals surface area (Å²) in [6.45, 7) is 1.03. The second-order valence-electron chi connectivity index (χ2n) is 8.39. The van der Waals surface area contributed by atoms with Crippen LogP contribution in [0, 0.1) is 11.3 Å². The van der Waals surface area contributed by atoms with Crippen LogP contribution in [0.15, 0.2) is 36.8 Å². The van der Waals surface area contributed by atoms with Gasteiger partial charge in [0.15, 0.2) is 0 Å². The number of aliphatic hydroxyl groups is 1. The van der Waals surface area contributed by atoms with Crippen LogP contribution in [0.5, 0.6) is 0 Å².